The van der Waals surface area contributed by atoms with Crippen LogP contribution in [0.1, 0.15) is 17.4 Å². The summed E-state index contributed by atoms with van der Waals surface area (Å²) in [6, 6.07) is 7.71. The van der Waals surface area contributed by atoms with E-state index in [-0.39, 0.29) is 22.9 Å². The number of para-hydroxylation sites is 1. The van der Waals surface area contributed by atoms with E-state index in [1.54, 1.807) is 7.11 Å². The van der Waals surface area contributed by atoms with Crippen LogP contribution in [0.25, 0.3) is 0 Å². The third-order valence-corrected chi connectivity index (χ3v) is 5.88. The van der Waals surface area contributed by atoms with Crippen molar-refractivity contribution in [2.45, 2.75) is 17.8 Å². The Bertz CT molecular complexity index is 561. The Kier molecular flexibility index (Phi) is 4.94. The SMILES string of the molecule is COc1ccccc1C(Cl)CN(C)C1CCS(=O)(=O)C1. The van der Waals surface area contributed by atoms with Crippen molar-refractivity contribution in [2.75, 3.05) is 32.2 Å². The maximum absolute atomic E-state index is 11.5. The molecule has 0 saturated carbocycles. The summed E-state index contributed by atoms with van der Waals surface area (Å²) in [5, 5.41) is -0.223. The fourth-order valence-electron chi connectivity index (χ4n) is 2.55. The number of halogens is 1. The maximum atomic E-state index is 11.5. The molecule has 0 aliphatic carbocycles. The third-order valence-electron chi connectivity index (χ3n) is 3.76. The highest BCUT2D eigenvalue weighted by Gasteiger charge is 2.31. The van der Waals surface area contributed by atoms with Crippen LogP contribution in [-0.4, -0.2) is 51.6 Å². The van der Waals surface area contributed by atoms with Gasteiger partial charge >= 0.3 is 0 Å². The first-order valence-electron chi connectivity index (χ1n) is 6.60. The minimum absolute atomic E-state index is 0.0657. The summed E-state index contributed by atoms with van der Waals surface area (Å²) in [5.74, 6) is 1.28. The summed E-state index contributed by atoms with van der Waals surface area (Å²) < 4.78 is 28.4. The zero-order chi connectivity index (χ0) is 14.8. The molecule has 4 nitrogen and oxygen atoms in total. The molecule has 112 valence electrons. The Hall–Kier alpha value is -0.780. The van der Waals surface area contributed by atoms with Gasteiger partial charge < -0.3 is 9.64 Å². The molecule has 0 bridgehead atoms. The summed E-state index contributed by atoms with van der Waals surface area (Å²) >= 11 is 6.46. The van der Waals surface area contributed by atoms with Crippen molar-refractivity contribution in [1.82, 2.24) is 4.90 Å². The molecule has 20 heavy (non-hydrogen) atoms. The Balaban J connectivity index is 2.02. The van der Waals surface area contributed by atoms with E-state index in [1.807, 2.05) is 36.2 Å². The highest BCUT2D eigenvalue weighted by atomic mass is 35.5. The van der Waals surface area contributed by atoms with Crippen LogP contribution in [0, 0.1) is 0 Å². The number of hydrogen-bond acceptors (Lipinski definition) is 4. The maximum Gasteiger partial charge on any atom is 0.151 e. The lowest BCUT2D eigenvalue weighted by Crippen LogP contribution is -2.35. The molecule has 1 saturated heterocycles. The van der Waals surface area contributed by atoms with E-state index in [0.717, 1.165) is 11.3 Å². The van der Waals surface area contributed by atoms with Gasteiger partial charge in [-0.2, -0.15) is 0 Å². The van der Waals surface area contributed by atoms with Crippen LogP contribution in [-0.2, 0) is 9.84 Å². The molecular weight excluding hydrogens is 298 g/mol. The Morgan fingerprint density at radius 2 is 2.15 bits per heavy atom. The summed E-state index contributed by atoms with van der Waals surface area (Å²) in [6.45, 7) is 0.599. The first kappa shape index (κ1) is 15.6. The van der Waals surface area contributed by atoms with Gasteiger partial charge in [-0.05, 0) is 19.5 Å². The molecule has 0 N–H and O–H groups in total. The van der Waals surface area contributed by atoms with Crippen molar-refractivity contribution in [3.63, 3.8) is 0 Å². The van der Waals surface area contributed by atoms with E-state index in [4.69, 9.17) is 16.3 Å². The van der Waals surface area contributed by atoms with E-state index >= 15 is 0 Å². The average Bonchev–Trinajstić information content (AvgIpc) is 2.79. The smallest absolute Gasteiger partial charge is 0.151 e. The Morgan fingerprint density at radius 1 is 1.45 bits per heavy atom. The number of benzene rings is 1. The topological polar surface area (TPSA) is 46.6 Å². The Morgan fingerprint density at radius 3 is 2.75 bits per heavy atom. The number of ether oxygens (including phenoxy) is 1. The van der Waals surface area contributed by atoms with Crippen LogP contribution in [0.4, 0.5) is 0 Å². The van der Waals surface area contributed by atoms with Crippen molar-refractivity contribution in [1.29, 1.82) is 0 Å². The lowest BCUT2D eigenvalue weighted by atomic mass is 10.1. The standard InChI is InChI=1S/C14H20ClNO3S/c1-16(11-7-8-20(17,18)10-11)9-13(15)12-5-3-4-6-14(12)19-2/h3-6,11,13H,7-10H2,1-2H3. The van der Waals surface area contributed by atoms with Gasteiger partial charge in [0.05, 0.1) is 24.0 Å². The molecule has 0 radical (unpaired) electrons. The summed E-state index contributed by atoms with van der Waals surface area (Å²) in [4.78, 5) is 2.04. The molecule has 0 amide bonds. The van der Waals surface area contributed by atoms with E-state index in [0.29, 0.717) is 13.0 Å². The zero-order valence-electron chi connectivity index (χ0n) is 11.8. The quantitative estimate of drug-likeness (QED) is 0.780. The zero-order valence-corrected chi connectivity index (χ0v) is 13.3. The van der Waals surface area contributed by atoms with Gasteiger partial charge in [-0.15, -0.1) is 11.6 Å². The second-order valence-electron chi connectivity index (χ2n) is 5.21. The summed E-state index contributed by atoms with van der Waals surface area (Å²) in [5.41, 5.74) is 0.935. The van der Waals surface area contributed by atoms with Crippen molar-refractivity contribution >= 4 is 21.4 Å². The van der Waals surface area contributed by atoms with Gasteiger partial charge in [0, 0.05) is 18.2 Å². The number of nitrogens with zero attached hydrogens (tertiary/aromatic N) is 1. The first-order valence-corrected chi connectivity index (χ1v) is 8.86. The van der Waals surface area contributed by atoms with Crippen LogP contribution < -0.4 is 4.74 Å². The van der Waals surface area contributed by atoms with E-state index in [9.17, 15) is 8.42 Å². The Labute approximate surface area is 125 Å². The van der Waals surface area contributed by atoms with Crippen molar-refractivity contribution < 1.29 is 13.2 Å². The van der Waals surface area contributed by atoms with Crippen LogP contribution >= 0.6 is 11.6 Å². The highest BCUT2D eigenvalue weighted by Crippen LogP contribution is 2.31. The number of methoxy groups -OCH3 is 1. The van der Waals surface area contributed by atoms with E-state index < -0.39 is 9.84 Å². The van der Waals surface area contributed by atoms with Crippen molar-refractivity contribution in [3.05, 3.63) is 29.8 Å². The van der Waals surface area contributed by atoms with Gasteiger partial charge in [0.2, 0.25) is 0 Å². The third kappa shape index (κ3) is 3.65. The second kappa shape index (κ2) is 6.33. The van der Waals surface area contributed by atoms with Crippen LogP contribution in [0.5, 0.6) is 5.75 Å². The molecule has 1 heterocycles. The number of likely N-dealkylation sites (N-methyl/N-ethyl adjacent to an activating group) is 1. The molecule has 1 aliphatic rings. The average molecular weight is 318 g/mol. The molecule has 1 fully saturated rings. The van der Waals surface area contributed by atoms with Crippen molar-refractivity contribution in [3.8, 4) is 5.75 Å². The van der Waals surface area contributed by atoms with Crippen molar-refractivity contribution in [2.24, 2.45) is 0 Å². The molecule has 1 aromatic carbocycles. The predicted octanol–water partition coefficient (Wildman–Crippen LogP) is 2.09. The number of sulfone groups is 1. The van der Waals surface area contributed by atoms with Crippen LogP contribution in [0.2, 0.25) is 0 Å². The number of hydrogen-bond donors (Lipinski definition) is 0. The van der Waals surface area contributed by atoms with Gasteiger partial charge in [-0.3, -0.25) is 0 Å². The van der Waals surface area contributed by atoms with Gasteiger partial charge in [0.15, 0.2) is 9.84 Å². The lowest BCUT2D eigenvalue weighted by molar-refractivity contribution is 0.261. The number of rotatable bonds is 5. The highest BCUT2D eigenvalue weighted by molar-refractivity contribution is 7.91. The molecule has 0 spiro atoms. The van der Waals surface area contributed by atoms with Gasteiger partial charge in [0.25, 0.3) is 0 Å². The largest absolute Gasteiger partial charge is 0.496 e. The summed E-state index contributed by atoms with van der Waals surface area (Å²) in [7, 11) is 0.684. The van der Waals surface area contributed by atoms with Gasteiger partial charge in [0.1, 0.15) is 5.75 Å². The second-order valence-corrected chi connectivity index (χ2v) is 7.96. The molecule has 1 aromatic rings. The minimum atomic E-state index is -2.86. The fraction of sp³-hybridized carbons (Fsp3) is 0.571. The van der Waals surface area contributed by atoms with Crippen LogP contribution in [0.15, 0.2) is 24.3 Å². The lowest BCUT2D eigenvalue weighted by Gasteiger charge is -2.26. The molecule has 1 aliphatic heterocycles. The van der Waals surface area contributed by atoms with E-state index in [2.05, 4.69) is 0 Å². The summed E-state index contributed by atoms with van der Waals surface area (Å²) in [6.07, 6.45) is 0.689. The molecule has 6 heteroatoms. The van der Waals surface area contributed by atoms with Crippen LogP contribution in [0.3, 0.4) is 0 Å². The minimum Gasteiger partial charge on any atom is -0.496 e. The van der Waals surface area contributed by atoms with Gasteiger partial charge in [-0.1, -0.05) is 18.2 Å². The molecular formula is C14H20ClNO3S. The molecule has 0 aromatic heterocycles. The molecule has 2 atom stereocenters. The first-order chi connectivity index (χ1) is 9.43. The fourth-order valence-corrected chi connectivity index (χ4v) is 4.75. The van der Waals surface area contributed by atoms with E-state index in [1.165, 1.54) is 0 Å². The van der Waals surface area contributed by atoms with Gasteiger partial charge in [-0.25, -0.2) is 8.42 Å². The molecule has 2 unspecified atom stereocenters. The molecule has 2 rings (SSSR count). The normalized spacial score (nSPS) is 22.9. The number of alkyl halides is 1. The monoisotopic (exact) mass is 317 g/mol. The predicted molar refractivity (Wildman–Crippen MR) is 81.3 cm³/mol.